The van der Waals surface area contributed by atoms with Gasteiger partial charge in [0.1, 0.15) is 0 Å². The van der Waals surface area contributed by atoms with Crippen molar-refractivity contribution < 1.29 is 4.79 Å². The third-order valence-electron chi connectivity index (χ3n) is 6.37. The van der Waals surface area contributed by atoms with E-state index in [0.717, 1.165) is 57.9 Å². The molecule has 3 aliphatic rings. The van der Waals surface area contributed by atoms with Gasteiger partial charge in [-0.3, -0.25) is 9.79 Å². The summed E-state index contributed by atoms with van der Waals surface area (Å²) < 4.78 is 0. The lowest BCUT2D eigenvalue weighted by atomic mass is 9.88. The Labute approximate surface area is 165 Å². The van der Waals surface area contributed by atoms with Gasteiger partial charge in [0, 0.05) is 44.7 Å². The van der Waals surface area contributed by atoms with Crippen LogP contribution in [0.25, 0.3) is 0 Å². The Bertz CT molecular complexity index is 503. The molecule has 0 aromatic carbocycles. The molecule has 2 unspecified atom stereocenters. The molecule has 0 bridgehead atoms. The number of piperidine rings is 1. The smallest absolute Gasteiger partial charge is 0.225 e. The molecule has 6 nitrogen and oxygen atoms in total. The summed E-state index contributed by atoms with van der Waals surface area (Å²) in [5, 5.41) is 6.98. The minimum atomic E-state index is 0.280. The van der Waals surface area contributed by atoms with Crippen molar-refractivity contribution in [2.75, 3.05) is 46.3 Å². The fourth-order valence-electron chi connectivity index (χ4n) is 4.84. The molecule has 2 aliphatic heterocycles. The van der Waals surface area contributed by atoms with Crippen LogP contribution in [0.15, 0.2) is 4.99 Å². The van der Waals surface area contributed by atoms with Crippen molar-refractivity contribution in [3.63, 3.8) is 0 Å². The van der Waals surface area contributed by atoms with E-state index in [1.54, 1.807) is 0 Å². The van der Waals surface area contributed by atoms with Crippen LogP contribution in [-0.4, -0.2) is 74.0 Å². The number of carbonyl (C=O) groups excluding carboxylic acids is 1. The Morgan fingerprint density at radius 3 is 2.59 bits per heavy atom. The van der Waals surface area contributed by atoms with Gasteiger partial charge in [0.15, 0.2) is 5.96 Å². The molecule has 0 spiro atoms. The van der Waals surface area contributed by atoms with Crippen molar-refractivity contribution in [3.05, 3.63) is 0 Å². The molecule has 3 rings (SSSR count). The topological polar surface area (TPSA) is 60.0 Å². The van der Waals surface area contributed by atoms with Crippen molar-refractivity contribution in [1.29, 1.82) is 0 Å². The van der Waals surface area contributed by atoms with Crippen molar-refractivity contribution >= 4 is 11.9 Å². The first-order valence-corrected chi connectivity index (χ1v) is 11.2. The predicted octanol–water partition coefficient (Wildman–Crippen LogP) is 2.06. The molecule has 2 saturated heterocycles. The van der Waals surface area contributed by atoms with Crippen LogP contribution in [0.4, 0.5) is 0 Å². The van der Waals surface area contributed by atoms with E-state index in [1.807, 2.05) is 0 Å². The normalized spacial score (nSPS) is 28.4. The zero-order chi connectivity index (χ0) is 19.1. The van der Waals surface area contributed by atoms with Gasteiger partial charge >= 0.3 is 0 Å². The SMILES string of the molecule is CCNC(=NCC1CCCN(C)C1)NC1CCN(C(=O)C2CCCCC2)C1. The van der Waals surface area contributed by atoms with Crippen LogP contribution < -0.4 is 10.6 Å². The van der Waals surface area contributed by atoms with E-state index in [-0.39, 0.29) is 5.92 Å². The van der Waals surface area contributed by atoms with Gasteiger partial charge in [-0.15, -0.1) is 0 Å². The van der Waals surface area contributed by atoms with Gasteiger partial charge in [-0.25, -0.2) is 0 Å². The average molecular weight is 378 g/mol. The van der Waals surface area contributed by atoms with Gasteiger partial charge in [-0.05, 0) is 58.5 Å². The van der Waals surface area contributed by atoms with E-state index < -0.39 is 0 Å². The number of hydrogen-bond donors (Lipinski definition) is 2. The quantitative estimate of drug-likeness (QED) is 0.569. The minimum Gasteiger partial charge on any atom is -0.357 e. The maximum atomic E-state index is 12.8. The standard InChI is InChI=1S/C21H39N5O/c1-3-22-21(23-14-17-8-7-12-25(2)15-17)24-19-11-13-26(16-19)20(27)18-9-5-4-6-10-18/h17-19H,3-16H2,1-2H3,(H2,22,23,24). The van der Waals surface area contributed by atoms with Crippen molar-refractivity contribution in [3.8, 4) is 0 Å². The van der Waals surface area contributed by atoms with Crippen LogP contribution in [0, 0.1) is 11.8 Å². The number of nitrogens with zero attached hydrogens (tertiary/aromatic N) is 3. The fourth-order valence-corrected chi connectivity index (χ4v) is 4.84. The van der Waals surface area contributed by atoms with Crippen LogP contribution in [-0.2, 0) is 4.79 Å². The third-order valence-corrected chi connectivity index (χ3v) is 6.37. The van der Waals surface area contributed by atoms with E-state index in [2.05, 4.69) is 34.4 Å². The lowest BCUT2D eigenvalue weighted by Gasteiger charge is -2.29. The summed E-state index contributed by atoms with van der Waals surface area (Å²) in [6, 6.07) is 0.323. The number of likely N-dealkylation sites (tertiary alicyclic amines) is 2. The molecule has 2 heterocycles. The highest BCUT2D eigenvalue weighted by Crippen LogP contribution is 2.26. The Hall–Kier alpha value is -1.30. The van der Waals surface area contributed by atoms with E-state index in [4.69, 9.17) is 4.99 Å². The molecule has 154 valence electrons. The highest BCUT2D eigenvalue weighted by molar-refractivity contribution is 5.81. The lowest BCUT2D eigenvalue weighted by Crippen LogP contribution is -2.46. The van der Waals surface area contributed by atoms with Gasteiger partial charge in [0.25, 0.3) is 0 Å². The number of guanidine groups is 1. The van der Waals surface area contributed by atoms with Gasteiger partial charge in [-0.1, -0.05) is 19.3 Å². The number of carbonyl (C=O) groups is 1. The lowest BCUT2D eigenvalue weighted by molar-refractivity contribution is -0.135. The number of rotatable bonds is 5. The summed E-state index contributed by atoms with van der Waals surface area (Å²) in [4.78, 5) is 22.1. The van der Waals surface area contributed by atoms with E-state index in [0.29, 0.717) is 17.9 Å². The molecule has 2 atom stereocenters. The third kappa shape index (κ3) is 6.09. The molecule has 27 heavy (non-hydrogen) atoms. The monoisotopic (exact) mass is 377 g/mol. The highest BCUT2D eigenvalue weighted by atomic mass is 16.2. The minimum absolute atomic E-state index is 0.280. The summed E-state index contributed by atoms with van der Waals surface area (Å²) in [6.07, 6.45) is 9.50. The second-order valence-electron chi connectivity index (χ2n) is 8.74. The molecule has 6 heteroatoms. The molecule has 0 aromatic heterocycles. The highest BCUT2D eigenvalue weighted by Gasteiger charge is 2.31. The predicted molar refractivity (Wildman–Crippen MR) is 111 cm³/mol. The first kappa shape index (κ1) is 20.4. The Balaban J connectivity index is 1.48. The zero-order valence-corrected chi connectivity index (χ0v) is 17.4. The van der Waals surface area contributed by atoms with Gasteiger partial charge < -0.3 is 20.4 Å². The average Bonchev–Trinajstić information content (AvgIpc) is 3.15. The molecular formula is C21H39N5O. The van der Waals surface area contributed by atoms with Crippen LogP contribution in [0.1, 0.15) is 58.3 Å². The fraction of sp³-hybridized carbons (Fsp3) is 0.905. The van der Waals surface area contributed by atoms with Crippen LogP contribution >= 0.6 is 0 Å². The molecule has 1 amide bonds. The van der Waals surface area contributed by atoms with Crippen molar-refractivity contribution in [2.24, 2.45) is 16.8 Å². The molecule has 0 aromatic rings. The number of aliphatic imine (C=N–C) groups is 1. The second-order valence-corrected chi connectivity index (χ2v) is 8.74. The number of amides is 1. The zero-order valence-electron chi connectivity index (χ0n) is 17.4. The largest absolute Gasteiger partial charge is 0.357 e. The van der Waals surface area contributed by atoms with Gasteiger partial charge in [0.05, 0.1) is 0 Å². The molecular weight excluding hydrogens is 338 g/mol. The maximum Gasteiger partial charge on any atom is 0.225 e. The molecule has 1 saturated carbocycles. The molecule has 3 fully saturated rings. The maximum absolute atomic E-state index is 12.8. The van der Waals surface area contributed by atoms with Crippen LogP contribution in [0.3, 0.4) is 0 Å². The first-order chi connectivity index (χ1) is 13.2. The second kappa shape index (κ2) is 10.3. The number of hydrogen-bond acceptors (Lipinski definition) is 3. The summed E-state index contributed by atoms with van der Waals surface area (Å²) in [7, 11) is 2.20. The van der Waals surface area contributed by atoms with Crippen molar-refractivity contribution in [1.82, 2.24) is 20.4 Å². The van der Waals surface area contributed by atoms with Crippen LogP contribution in [0.5, 0.6) is 0 Å². The summed E-state index contributed by atoms with van der Waals surface area (Å²) in [6.45, 7) is 7.94. The molecule has 0 radical (unpaired) electrons. The Kier molecular flexibility index (Phi) is 7.80. The molecule has 1 aliphatic carbocycles. The van der Waals surface area contributed by atoms with Gasteiger partial charge in [0.2, 0.25) is 5.91 Å². The molecule has 2 N–H and O–H groups in total. The Morgan fingerprint density at radius 1 is 1.04 bits per heavy atom. The van der Waals surface area contributed by atoms with Crippen molar-refractivity contribution in [2.45, 2.75) is 64.3 Å². The van der Waals surface area contributed by atoms with E-state index >= 15 is 0 Å². The first-order valence-electron chi connectivity index (χ1n) is 11.2. The summed E-state index contributed by atoms with van der Waals surface area (Å²) >= 11 is 0. The number of nitrogens with one attached hydrogen (secondary N) is 2. The Morgan fingerprint density at radius 2 is 1.85 bits per heavy atom. The van der Waals surface area contributed by atoms with Gasteiger partial charge in [-0.2, -0.15) is 0 Å². The van der Waals surface area contributed by atoms with Crippen LogP contribution in [0.2, 0.25) is 0 Å². The summed E-state index contributed by atoms with van der Waals surface area (Å²) in [5.41, 5.74) is 0. The van der Waals surface area contributed by atoms with E-state index in [9.17, 15) is 4.79 Å². The summed E-state index contributed by atoms with van der Waals surface area (Å²) in [5.74, 6) is 2.25. The van der Waals surface area contributed by atoms with E-state index in [1.165, 1.54) is 38.6 Å².